The third-order valence-corrected chi connectivity index (χ3v) is 3.57. The van der Waals surface area contributed by atoms with Crippen LogP contribution in [-0.4, -0.2) is 21.3 Å². The molecule has 7 heteroatoms. The maximum Gasteiger partial charge on any atom is 0.336 e. The largest absolute Gasteiger partial charge is 0.478 e. The van der Waals surface area contributed by atoms with Gasteiger partial charge in [0.05, 0.1) is 10.5 Å². The molecule has 1 heterocycles. The second-order valence-corrected chi connectivity index (χ2v) is 5.54. The van der Waals surface area contributed by atoms with E-state index in [1.807, 2.05) is 0 Å². The predicted octanol–water partition coefficient (Wildman–Crippen LogP) is 2.53. The third kappa shape index (κ3) is 2.72. The van der Waals surface area contributed by atoms with Gasteiger partial charge < -0.3 is 10.4 Å². The molecule has 1 fully saturated rings. The molecule has 0 spiro atoms. The fourth-order valence-electron chi connectivity index (χ4n) is 1.40. The van der Waals surface area contributed by atoms with Crippen molar-refractivity contribution >= 4 is 57.9 Å². The van der Waals surface area contributed by atoms with Gasteiger partial charge in [0, 0.05) is 5.02 Å². The zero-order valence-corrected chi connectivity index (χ0v) is 11.2. The highest BCUT2D eigenvalue weighted by Gasteiger charge is 2.22. The first-order chi connectivity index (χ1) is 8.47. The Hall–Kier alpha value is -1.37. The number of rotatable bonds is 2. The van der Waals surface area contributed by atoms with E-state index in [0.29, 0.717) is 19.8 Å². The Morgan fingerprint density at radius 2 is 2.22 bits per heavy atom. The number of carbonyl (C=O) groups excluding carboxylic acids is 1. The summed E-state index contributed by atoms with van der Waals surface area (Å²) in [6.45, 7) is 0. The molecule has 18 heavy (non-hydrogen) atoms. The first-order valence-electron chi connectivity index (χ1n) is 4.75. The van der Waals surface area contributed by atoms with E-state index in [2.05, 4.69) is 5.32 Å². The molecule has 1 aromatic carbocycles. The van der Waals surface area contributed by atoms with E-state index in [4.69, 9.17) is 28.9 Å². The molecule has 1 aromatic rings. The molecule has 0 aliphatic carbocycles. The highest BCUT2D eigenvalue weighted by Crippen LogP contribution is 2.27. The molecule has 1 aliphatic rings. The van der Waals surface area contributed by atoms with E-state index in [1.165, 1.54) is 12.1 Å². The van der Waals surface area contributed by atoms with E-state index < -0.39 is 5.97 Å². The highest BCUT2D eigenvalue weighted by molar-refractivity contribution is 8.26. The number of thiocarbonyl (C=S) groups is 1. The standard InChI is InChI=1S/C11H6ClNO3S2/c12-6-2-1-5(7(4-6)10(15)16)3-8-9(14)13-11(17)18-8/h1-4H,(H,15,16)(H,13,14,17). The molecule has 0 saturated carbocycles. The molecule has 0 bridgehead atoms. The summed E-state index contributed by atoms with van der Waals surface area (Å²) in [6.07, 6.45) is 1.49. The van der Waals surface area contributed by atoms with Crippen molar-refractivity contribution in [3.8, 4) is 0 Å². The summed E-state index contributed by atoms with van der Waals surface area (Å²) in [5.41, 5.74) is 0.454. The number of carbonyl (C=O) groups is 2. The lowest BCUT2D eigenvalue weighted by Gasteiger charge is -2.02. The Balaban J connectivity index is 2.46. The van der Waals surface area contributed by atoms with Crippen LogP contribution in [0.5, 0.6) is 0 Å². The second-order valence-electron chi connectivity index (χ2n) is 3.39. The Bertz CT molecular complexity index is 598. The van der Waals surface area contributed by atoms with Crippen LogP contribution in [-0.2, 0) is 4.79 Å². The normalized spacial score (nSPS) is 17.1. The van der Waals surface area contributed by atoms with Crippen LogP contribution >= 0.6 is 35.6 Å². The quantitative estimate of drug-likeness (QED) is 0.649. The van der Waals surface area contributed by atoms with Crippen LogP contribution in [0.4, 0.5) is 0 Å². The Labute approximate surface area is 117 Å². The first kappa shape index (κ1) is 13.1. The van der Waals surface area contributed by atoms with Crippen molar-refractivity contribution in [3.63, 3.8) is 0 Å². The summed E-state index contributed by atoms with van der Waals surface area (Å²) in [7, 11) is 0. The van der Waals surface area contributed by atoms with Crippen LogP contribution < -0.4 is 5.32 Å². The Morgan fingerprint density at radius 3 is 2.78 bits per heavy atom. The third-order valence-electron chi connectivity index (χ3n) is 2.17. The van der Waals surface area contributed by atoms with Gasteiger partial charge in [0.25, 0.3) is 5.91 Å². The minimum atomic E-state index is -1.10. The number of amides is 1. The molecule has 0 unspecified atom stereocenters. The molecule has 1 aliphatic heterocycles. The SMILES string of the molecule is O=C1NC(=S)SC1=Cc1ccc(Cl)cc1C(=O)O. The van der Waals surface area contributed by atoms with Crippen LogP contribution in [0.1, 0.15) is 15.9 Å². The average Bonchev–Trinajstić information content (AvgIpc) is 2.60. The summed E-state index contributed by atoms with van der Waals surface area (Å²) in [5, 5.41) is 11.8. The second kappa shape index (κ2) is 5.09. The van der Waals surface area contributed by atoms with Crippen molar-refractivity contribution in [2.45, 2.75) is 0 Å². The summed E-state index contributed by atoms with van der Waals surface area (Å²) in [4.78, 5) is 22.9. The lowest BCUT2D eigenvalue weighted by atomic mass is 10.1. The van der Waals surface area contributed by atoms with Crippen LogP contribution in [0, 0.1) is 0 Å². The van der Waals surface area contributed by atoms with E-state index in [1.54, 1.807) is 12.1 Å². The summed E-state index contributed by atoms with van der Waals surface area (Å²) >= 11 is 11.7. The molecule has 1 saturated heterocycles. The number of hydrogen-bond donors (Lipinski definition) is 2. The molecule has 2 N–H and O–H groups in total. The minimum absolute atomic E-state index is 0.0428. The Kier molecular flexibility index (Phi) is 3.70. The summed E-state index contributed by atoms with van der Waals surface area (Å²) in [5.74, 6) is -1.42. The van der Waals surface area contributed by atoms with Gasteiger partial charge in [-0.2, -0.15) is 0 Å². The van der Waals surface area contributed by atoms with Crippen LogP contribution in [0.25, 0.3) is 6.08 Å². The molecular weight excluding hydrogens is 294 g/mol. The number of aromatic carboxylic acids is 1. The maximum atomic E-state index is 11.5. The predicted molar refractivity (Wildman–Crippen MR) is 74.7 cm³/mol. The number of carboxylic acid groups (broad SMARTS) is 1. The van der Waals surface area contributed by atoms with Crippen molar-refractivity contribution in [1.29, 1.82) is 0 Å². The zero-order chi connectivity index (χ0) is 13.3. The first-order valence-corrected chi connectivity index (χ1v) is 6.35. The van der Waals surface area contributed by atoms with Crippen LogP contribution in [0.2, 0.25) is 5.02 Å². The van der Waals surface area contributed by atoms with Crippen molar-refractivity contribution in [1.82, 2.24) is 5.32 Å². The van der Waals surface area contributed by atoms with Crippen LogP contribution in [0.15, 0.2) is 23.1 Å². The van der Waals surface area contributed by atoms with Crippen molar-refractivity contribution in [3.05, 3.63) is 39.3 Å². The maximum absolute atomic E-state index is 11.5. The lowest BCUT2D eigenvalue weighted by molar-refractivity contribution is -0.115. The fraction of sp³-hybridized carbons (Fsp3) is 0. The van der Waals surface area contributed by atoms with Crippen LogP contribution in [0.3, 0.4) is 0 Å². The van der Waals surface area contributed by atoms with Gasteiger partial charge in [0.1, 0.15) is 4.32 Å². The Morgan fingerprint density at radius 1 is 1.50 bits per heavy atom. The van der Waals surface area contributed by atoms with Gasteiger partial charge in [-0.05, 0) is 23.8 Å². The van der Waals surface area contributed by atoms with E-state index >= 15 is 0 Å². The van der Waals surface area contributed by atoms with Gasteiger partial charge >= 0.3 is 5.97 Å². The van der Waals surface area contributed by atoms with Crippen molar-refractivity contribution < 1.29 is 14.7 Å². The number of carboxylic acids is 1. The summed E-state index contributed by atoms with van der Waals surface area (Å²) in [6, 6.07) is 4.45. The van der Waals surface area contributed by atoms with Crippen molar-refractivity contribution in [2.75, 3.05) is 0 Å². The van der Waals surface area contributed by atoms with E-state index in [9.17, 15) is 9.59 Å². The van der Waals surface area contributed by atoms with E-state index in [0.717, 1.165) is 11.8 Å². The fourth-order valence-corrected chi connectivity index (χ4v) is 2.61. The topological polar surface area (TPSA) is 66.4 Å². The average molecular weight is 300 g/mol. The highest BCUT2D eigenvalue weighted by atomic mass is 35.5. The van der Waals surface area contributed by atoms with Gasteiger partial charge in [-0.1, -0.05) is 41.6 Å². The summed E-state index contributed by atoms with van der Waals surface area (Å²) < 4.78 is 0.358. The number of halogens is 1. The molecule has 0 aromatic heterocycles. The molecule has 4 nitrogen and oxygen atoms in total. The molecule has 1 amide bonds. The molecule has 0 radical (unpaired) electrons. The number of nitrogens with one attached hydrogen (secondary N) is 1. The van der Waals surface area contributed by atoms with Crippen molar-refractivity contribution in [2.24, 2.45) is 0 Å². The number of benzene rings is 1. The van der Waals surface area contributed by atoms with Gasteiger partial charge in [-0.15, -0.1) is 0 Å². The number of thioether (sulfide) groups is 1. The molecule has 92 valence electrons. The number of hydrogen-bond acceptors (Lipinski definition) is 4. The zero-order valence-electron chi connectivity index (χ0n) is 8.77. The molecule has 0 atom stereocenters. The van der Waals surface area contributed by atoms with E-state index in [-0.39, 0.29) is 11.5 Å². The van der Waals surface area contributed by atoms with Gasteiger partial charge in [-0.3, -0.25) is 4.79 Å². The van der Waals surface area contributed by atoms with Gasteiger partial charge in [0.15, 0.2) is 0 Å². The minimum Gasteiger partial charge on any atom is -0.478 e. The van der Waals surface area contributed by atoms with Gasteiger partial charge in [-0.25, -0.2) is 4.79 Å². The molecular formula is C11H6ClNO3S2. The monoisotopic (exact) mass is 299 g/mol. The smallest absolute Gasteiger partial charge is 0.336 e. The lowest BCUT2D eigenvalue weighted by Crippen LogP contribution is -2.17. The van der Waals surface area contributed by atoms with Gasteiger partial charge in [0.2, 0.25) is 0 Å². The molecule has 2 rings (SSSR count).